The highest BCUT2D eigenvalue weighted by molar-refractivity contribution is 6.12. The van der Waals surface area contributed by atoms with E-state index in [0.29, 0.717) is 0 Å². The van der Waals surface area contributed by atoms with Crippen LogP contribution < -0.4 is 4.90 Å². The third-order valence-corrected chi connectivity index (χ3v) is 10.9. The molecule has 1 heterocycles. The van der Waals surface area contributed by atoms with Gasteiger partial charge in [-0.3, -0.25) is 0 Å². The maximum atomic E-state index is 6.57. The van der Waals surface area contributed by atoms with E-state index in [1.54, 1.807) is 0 Å². The summed E-state index contributed by atoms with van der Waals surface area (Å²) in [5.41, 5.74) is 15.0. The first kappa shape index (κ1) is 29.5. The maximum Gasteiger partial charge on any atom is 0.143 e. The molecule has 0 saturated carbocycles. The number of furan rings is 1. The van der Waals surface area contributed by atoms with E-state index >= 15 is 0 Å². The van der Waals surface area contributed by atoms with Crippen molar-refractivity contribution < 1.29 is 4.42 Å². The van der Waals surface area contributed by atoms with E-state index < -0.39 is 0 Å². The third kappa shape index (κ3) is 4.64. The predicted octanol–water partition coefficient (Wildman–Crippen LogP) is 13.8. The fourth-order valence-corrected chi connectivity index (χ4v) is 8.28. The number of anilines is 3. The standard InChI is InChI=1S/C49H35NO/c1-49(2)44-30-29-42-41-16-8-9-18-46(41)51-48(42)47(44)43-28-27-38(31-45(43)49)50(36-23-19-33(20-24-36)32-11-4-3-5-12-32)37-25-21-35(22-26-37)40-17-10-14-34-13-6-7-15-39(34)40/h3-31H,1-2H3. The van der Waals surface area contributed by atoms with Crippen LogP contribution in [0.5, 0.6) is 0 Å². The SMILES string of the molecule is CC1(C)c2cc(N(c3ccc(-c4ccccc4)cc3)c3ccc(-c4cccc5ccccc45)cc3)ccc2-c2c1ccc1c2oc2ccccc21. The van der Waals surface area contributed by atoms with E-state index in [0.717, 1.165) is 33.6 Å². The van der Waals surface area contributed by atoms with Gasteiger partial charge in [-0.2, -0.15) is 0 Å². The molecule has 0 N–H and O–H groups in total. The number of benzene rings is 8. The van der Waals surface area contributed by atoms with Crippen LogP contribution in [0.25, 0.3) is 66.1 Å². The Kier molecular flexibility index (Phi) is 6.56. The van der Waals surface area contributed by atoms with E-state index in [9.17, 15) is 0 Å². The molecule has 0 amide bonds. The van der Waals surface area contributed by atoms with E-state index in [1.165, 1.54) is 60.7 Å². The van der Waals surface area contributed by atoms with Crippen LogP contribution in [0, 0.1) is 0 Å². The number of nitrogens with zero attached hydrogens (tertiary/aromatic N) is 1. The smallest absolute Gasteiger partial charge is 0.143 e. The van der Waals surface area contributed by atoms with Gasteiger partial charge in [0.15, 0.2) is 0 Å². The summed E-state index contributed by atoms with van der Waals surface area (Å²) in [7, 11) is 0. The van der Waals surface area contributed by atoms with Gasteiger partial charge in [0.2, 0.25) is 0 Å². The van der Waals surface area contributed by atoms with Crippen LogP contribution in [0.2, 0.25) is 0 Å². The molecule has 1 aromatic heterocycles. The largest absolute Gasteiger partial charge is 0.455 e. The normalized spacial score (nSPS) is 13.1. The van der Waals surface area contributed by atoms with Gasteiger partial charge in [-0.15, -0.1) is 0 Å². The Hall–Kier alpha value is -6.38. The van der Waals surface area contributed by atoms with Gasteiger partial charge < -0.3 is 9.32 Å². The predicted molar refractivity (Wildman–Crippen MR) is 214 cm³/mol. The van der Waals surface area contributed by atoms with Crippen LogP contribution in [-0.4, -0.2) is 0 Å². The van der Waals surface area contributed by atoms with Gasteiger partial charge in [-0.05, 0) is 92.2 Å². The highest BCUT2D eigenvalue weighted by atomic mass is 16.3. The van der Waals surface area contributed by atoms with Crippen LogP contribution in [0.15, 0.2) is 180 Å². The van der Waals surface area contributed by atoms with Crippen molar-refractivity contribution in [2.45, 2.75) is 19.3 Å². The Morgan fingerprint density at radius 1 is 0.431 bits per heavy atom. The molecule has 9 aromatic rings. The first-order chi connectivity index (χ1) is 25.0. The Balaban J connectivity index is 1.12. The summed E-state index contributed by atoms with van der Waals surface area (Å²) in [6.45, 7) is 4.68. The lowest BCUT2D eigenvalue weighted by Crippen LogP contribution is -2.16. The maximum absolute atomic E-state index is 6.57. The first-order valence-electron chi connectivity index (χ1n) is 17.7. The second-order valence-electron chi connectivity index (χ2n) is 14.1. The molecule has 2 nitrogen and oxygen atoms in total. The molecule has 0 spiro atoms. The van der Waals surface area contributed by atoms with Gasteiger partial charge in [0.1, 0.15) is 11.2 Å². The lowest BCUT2D eigenvalue weighted by atomic mass is 9.82. The molecule has 0 aliphatic heterocycles. The van der Waals surface area contributed by atoms with Crippen LogP contribution in [-0.2, 0) is 5.41 Å². The molecule has 10 rings (SSSR count). The average molecular weight is 654 g/mol. The zero-order valence-corrected chi connectivity index (χ0v) is 28.6. The fourth-order valence-electron chi connectivity index (χ4n) is 8.28. The minimum atomic E-state index is -0.200. The summed E-state index contributed by atoms with van der Waals surface area (Å²) < 4.78 is 6.57. The van der Waals surface area contributed by atoms with E-state index in [1.807, 2.05) is 6.07 Å². The van der Waals surface area contributed by atoms with Crippen molar-refractivity contribution in [2.24, 2.45) is 0 Å². The second kappa shape index (κ2) is 11.3. The van der Waals surface area contributed by atoms with Crippen LogP contribution in [0.1, 0.15) is 25.0 Å². The molecule has 0 fully saturated rings. The minimum Gasteiger partial charge on any atom is -0.455 e. The molecule has 1 aliphatic rings. The molecule has 51 heavy (non-hydrogen) atoms. The number of hydrogen-bond acceptors (Lipinski definition) is 2. The Labute approximate surface area is 297 Å². The van der Waals surface area contributed by atoms with E-state index in [2.05, 4.69) is 189 Å². The molecule has 8 aromatic carbocycles. The summed E-state index contributed by atoms with van der Waals surface area (Å²) in [6, 6.07) is 63.6. The van der Waals surface area contributed by atoms with Gasteiger partial charge in [0.05, 0.1) is 0 Å². The highest BCUT2D eigenvalue weighted by Gasteiger charge is 2.38. The summed E-state index contributed by atoms with van der Waals surface area (Å²) in [5.74, 6) is 0. The van der Waals surface area contributed by atoms with Crippen molar-refractivity contribution in [3.63, 3.8) is 0 Å². The fraction of sp³-hybridized carbons (Fsp3) is 0.0612. The third-order valence-electron chi connectivity index (χ3n) is 10.9. The Bertz CT molecular complexity index is 2750. The molecule has 0 bridgehead atoms. The van der Waals surface area contributed by atoms with Crippen molar-refractivity contribution >= 4 is 49.8 Å². The van der Waals surface area contributed by atoms with Gasteiger partial charge >= 0.3 is 0 Å². The van der Waals surface area contributed by atoms with Crippen molar-refractivity contribution in [1.29, 1.82) is 0 Å². The monoisotopic (exact) mass is 653 g/mol. The molecule has 1 aliphatic carbocycles. The average Bonchev–Trinajstić information content (AvgIpc) is 3.67. The Morgan fingerprint density at radius 3 is 1.84 bits per heavy atom. The van der Waals surface area contributed by atoms with E-state index in [-0.39, 0.29) is 5.41 Å². The van der Waals surface area contributed by atoms with Crippen molar-refractivity contribution in [3.05, 3.63) is 187 Å². The molecule has 0 saturated heterocycles. The lowest BCUT2D eigenvalue weighted by molar-refractivity contribution is 0.653. The summed E-state index contributed by atoms with van der Waals surface area (Å²) in [4.78, 5) is 2.39. The van der Waals surface area contributed by atoms with E-state index in [4.69, 9.17) is 4.42 Å². The number of fused-ring (bicyclic) bond motifs is 8. The first-order valence-corrected chi connectivity index (χ1v) is 17.7. The lowest BCUT2D eigenvalue weighted by Gasteiger charge is -2.28. The number of para-hydroxylation sites is 1. The van der Waals surface area contributed by atoms with Crippen molar-refractivity contribution in [1.82, 2.24) is 0 Å². The van der Waals surface area contributed by atoms with Crippen molar-refractivity contribution in [2.75, 3.05) is 4.90 Å². The summed E-state index contributed by atoms with van der Waals surface area (Å²) in [5, 5.41) is 4.85. The molecule has 0 unspecified atom stereocenters. The zero-order valence-electron chi connectivity index (χ0n) is 28.6. The molecular formula is C49H35NO. The van der Waals surface area contributed by atoms with Crippen LogP contribution >= 0.6 is 0 Å². The molecule has 0 atom stereocenters. The van der Waals surface area contributed by atoms with Crippen LogP contribution in [0.4, 0.5) is 17.1 Å². The Morgan fingerprint density at radius 2 is 1.06 bits per heavy atom. The van der Waals surface area contributed by atoms with Gasteiger partial charge in [0.25, 0.3) is 0 Å². The van der Waals surface area contributed by atoms with Crippen LogP contribution in [0.3, 0.4) is 0 Å². The molecule has 2 heteroatoms. The number of rotatable bonds is 5. The highest BCUT2D eigenvalue weighted by Crippen LogP contribution is 2.54. The van der Waals surface area contributed by atoms with Crippen molar-refractivity contribution in [3.8, 4) is 33.4 Å². The van der Waals surface area contributed by atoms with Gasteiger partial charge in [-0.25, -0.2) is 0 Å². The number of hydrogen-bond donors (Lipinski definition) is 0. The van der Waals surface area contributed by atoms with Gasteiger partial charge in [0, 0.05) is 38.8 Å². The minimum absolute atomic E-state index is 0.200. The topological polar surface area (TPSA) is 16.4 Å². The zero-order chi connectivity index (χ0) is 34.1. The molecular weight excluding hydrogens is 619 g/mol. The molecule has 242 valence electrons. The molecule has 0 radical (unpaired) electrons. The summed E-state index contributed by atoms with van der Waals surface area (Å²) in [6.07, 6.45) is 0. The quantitative estimate of drug-likeness (QED) is 0.184. The second-order valence-corrected chi connectivity index (χ2v) is 14.1. The van der Waals surface area contributed by atoms with Gasteiger partial charge in [-0.1, -0.05) is 147 Å². The summed E-state index contributed by atoms with van der Waals surface area (Å²) >= 11 is 0.